The summed E-state index contributed by atoms with van der Waals surface area (Å²) in [5, 5.41) is 10.3. The summed E-state index contributed by atoms with van der Waals surface area (Å²) in [6.07, 6.45) is 1.93. The number of aromatic nitrogens is 1. The van der Waals surface area contributed by atoms with Crippen molar-refractivity contribution in [2.24, 2.45) is 0 Å². The van der Waals surface area contributed by atoms with E-state index in [0.29, 0.717) is 5.75 Å². The number of benzene rings is 1. The van der Waals surface area contributed by atoms with Gasteiger partial charge in [0.05, 0.1) is 0 Å². The second-order valence-electron chi connectivity index (χ2n) is 2.70. The van der Waals surface area contributed by atoms with Gasteiger partial charge in [0.1, 0.15) is 5.75 Å². The zero-order valence-electron chi connectivity index (χ0n) is 6.26. The summed E-state index contributed by atoms with van der Waals surface area (Å²) in [4.78, 5) is 3.07. The van der Waals surface area contributed by atoms with E-state index >= 15 is 0 Å². The number of rotatable bonds is 0. The zero-order chi connectivity index (χ0) is 7.84. The van der Waals surface area contributed by atoms with E-state index in [4.69, 9.17) is 5.11 Å². The minimum absolute atomic E-state index is 0.305. The molecule has 2 heteroatoms. The fourth-order valence-electron chi connectivity index (χ4n) is 1.26. The molecule has 56 valence electrons. The molecule has 0 unspecified atom stereocenters. The quantitative estimate of drug-likeness (QED) is 0.588. The Kier molecular flexibility index (Phi) is 1.15. The van der Waals surface area contributed by atoms with Crippen LogP contribution in [0.2, 0.25) is 0 Å². The molecule has 0 spiro atoms. The maximum absolute atomic E-state index is 9.12. The molecule has 0 aliphatic carbocycles. The second-order valence-corrected chi connectivity index (χ2v) is 2.70. The fraction of sp³-hybridized carbons (Fsp3) is 0.111. The number of nitrogens with one attached hydrogen (secondary N) is 1. The lowest BCUT2D eigenvalue weighted by molar-refractivity contribution is 0.476. The Morgan fingerprint density at radius 1 is 1.36 bits per heavy atom. The van der Waals surface area contributed by atoms with E-state index in [2.05, 4.69) is 4.98 Å². The third-order valence-corrected chi connectivity index (χ3v) is 1.87. The van der Waals surface area contributed by atoms with Gasteiger partial charge in [0.15, 0.2) is 0 Å². The van der Waals surface area contributed by atoms with Gasteiger partial charge in [0, 0.05) is 23.2 Å². The molecule has 2 N–H and O–H groups in total. The smallest absolute Gasteiger partial charge is 0.117 e. The summed E-state index contributed by atoms with van der Waals surface area (Å²) in [7, 11) is 0. The molecule has 0 amide bonds. The van der Waals surface area contributed by atoms with Gasteiger partial charge in [-0.25, -0.2) is 0 Å². The predicted octanol–water partition coefficient (Wildman–Crippen LogP) is 2.18. The zero-order valence-corrected chi connectivity index (χ0v) is 6.26. The number of fused-ring (bicyclic) bond motifs is 1. The highest BCUT2D eigenvalue weighted by molar-refractivity contribution is 5.83. The lowest BCUT2D eigenvalue weighted by Crippen LogP contribution is -1.68. The largest absolute Gasteiger partial charge is 0.508 e. The van der Waals surface area contributed by atoms with Gasteiger partial charge in [-0.1, -0.05) is 0 Å². The van der Waals surface area contributed by atoms with Gasteiger partial charge in [-0.3, -0.25) is 0 Å². The van der Waals surface area contributed by atoms with Crippen molar-refractivity contribution in [1.29, 1.82) is 0 Å². The first-order valence-electron chi connectivity index (χ1n) is 3.54. The van der Waals surface area contributed by atoms with Crippen molar-refractivity contribution < 1.29 is 5.11 Å². The molecule has 0 saturated carbocycles. The molecule has 0 radical (unpaired) electrons. The van der Waals surface area contributed by atoms with E-state index in [1.165, 1.54) is 10.9 Å². The molecule has 0 saturated heterocycles. The van der Waals surface area contributed by atoms with Crippen molar-refractivity contribution in [1.82, 2.24) is 4.98 Å². The predicted molar refractivity (Wildman–Crippen MR) is 44.7 cm³/mol. The lowest BCUT2D eigenvalue weighted by Gasteiger charge is -1.91. The van der Waals surface area contributed by atoms with Gasteiger partial charge >= 0.3 is 0 Å². The number of aromatic amines is 1. The first-order valence-corrected chi connectivity index (χ1v) is 3.54. The molecule has 2 nitrogen and oxygen atoms in total. The van der Waals surface area contributed by atoms with Crippen molar-refractivity contribution in [2.45, 2.75) is 6.92 Å². The van der Waals surface area contributed by atoms with E-state index in [-0.39, 0.29) is 0 Å². The van der Waals surface area contributed by atoms with Crippen molar-refractivity contribution in [3.8, 4) is 5.75 Å². The summed E-state index contributed by atoms with van der Waals surface area (Å²) >= 11 is 0. The molecule has 2 aromatic rings. The van der Waals surface area contributed by atoms with Gasteiger partial charge in [-0.15, -0.1) is 0 Å². The summed E-state index contributed by atoms with van der Waals surface area (Å²) in [5.41, 5.74) is 2.20. The maximum atomic E-state index is 9.12. The average molecular weight is 147 g/mol. The van der Waals surface area contributed by atoms with E-state index in [1.807, 2.05) is 19.2 Å². The minimum Gasteiger partial charge on any atom is -0.508 e. The lowest BCUT2D eigenvalue weighted by atomic mass is 10.2. The molecule has 1 aromatic carbocycles. The Morgan fingerprint density at radius 2 is 2.18 bits per heavy atom. The summed E-state index contributed by atoms with van der Waals surface area (Å²) < 4.78 is 0. The molecular weight excluding hydrogens is 138 g/mol. The first-order chi connectivity index (χ1) is 5.27. The van der Waals surface area contributed by atoms with Crippen molar-refractivity contribution in [2.75, 3.05) is 0 Å². The van der Waals surface area contributed by atoms with Gasteiger partial charge in [-0.05, 0) is 24.6 Å². The average Bonchev–Trinajstić information content (AvgIpc) is 2.32. The molecular formula is C9H9NO. The molecule has 1 aromatic heterocycles. The van der Waals surface area contributed by atoms with Crippen LogP contribution in [0.4, 0.5) is 0 Å². The van der Waals surface area contributed by atoms with Gasteiger partial charge in [0.25, 0.3) is 0 Å². The molecule has 1 heterocycles. The summed E-state index contributed by atoms with van der Waals surface area (Å²) in [6.45, 7) is 2.04. The van der Waals surface area contributed by atoms with Crippen LogP contribution in [0.25, 0.3) is 10.9 Å². The molecule has 0 aliphatic heterocycles. The number of aryl methyl sites for hydroxylation is 1. The van der Waals surface area contributed by atoms with Crippen LogP contribution >= 0.6 is 0 Å². The third kappa shape index (κ3) is 0.871. The van der Waals surface area contributed by atoms with Crippen LogP contribution in [0, 0.1) is 6.92 Å². The number of hydrogen-bond acceptors (Lipinski definition) is 1. The van der Waals surface area contributed by atoms with Crippen LogP contribution in [-0.2, 0) is 0 Å². The van der Waals surface area contributed by atoms with Crippen LogP contribution < -0.4 is 0 Å². The van der Waals surface area contributed by atoms with Crippen LogP contribution in [0.15, 0.2) is 24.4 Å². The Balaban J connectivity index is 2.86. The van der Waals surface area contributed by atoms with E-state index in [9.17, 15) is 0 Å². The minimum atomic E-state index is 0.305. The highest BCUT2D eigenvalue weighted by Gasteiger charge is 1.98. The van der Waals surface area contributed by atoms with E-state index < -0.39 is 0 Å². The topological polar surface area (TPSA) is 36.0 Å². The second kappa shape index (κ2) is 2.02. The third-order valence-electron chi connectivity index (χ3n) is 1.87. The normalized spacial score (nSPS) is 10.6. The number of phenolic OH excluding ortho intramolecular Hbond substituents is 1. The maximum Gasteiger partial charge on any atom is 0.117 e. The van der Waals surface area contributed by atoms with Crippen LogP contribution in [0.3, 0.4) is 0 Å². The Labute approximate surface area is 64.5 Å². The highest BCUT2D eigenvalue weighted by atomic mass is 16.3. The van der Waals surface area contributed by atoms with Crippen LogP contribution in [0.1, 0.15) is 5.56 Å². The number of phenols is 1. The summed E-state index contributed by atoms with van der Waals surface area (Å²) in [6, 6.07) is 5.34. The van der Waals surface area contributed by atoms with Crippen molar-refractivity contribution in [3.05, 3.63) is 30.0 Å². The fourth-order valence-corrected chi connectivity index (χ4v) is 1.26. The molecule has 0 atom stereocenters. The number of hydrogen-bond donors (Lipinski definition) is 2. The van der Waals surface area contributed by atoms with Crippen LogP contribution in [-0.4, -0.2) is 10.1 Å². The van der Waals surface area contributed by atoms with Crippen molar-refractivity contribution in [3.63, 3.8) is 0 Å². The van der Waals surface area contributed by atoms with E-state index in [0.717, 1.165) is 5.52 Å². The van der Waals surface area contributed by atoms with Crippen molar-refractivity contribution >= 4 is 10.9 Å². The van der Waals surface area contributed by atoms with E-state index in [1.54, 1.807) is 12.1 Å². The van der Waals surface area contributed by atoms with Gasteiger partial charge in [-0.2, -0.15) is 0 Å². The SMILES string of the molecule is Cc1c[nH]c2cc(O)ccc12. The number of aromatic hydroxyl groups is 1. The molecule has 0 aliphatic rings. The molecule has 0 fully saturated rings. The van der Waals surface area contributed by atoms with Gasteiger partial charge in [0.2, 0.25) is 0 Å². The highest BCUT2D eigenvalue weighted by Crippen LogP contribution is 2.21. The Hall–Kier alpha value is -1.44. The molecule has 11 heavy (non-hydrogen) atoms. The summed E-state index contributed by atoms with van der Waals surface area (Å²) in [5.74, 6) is 0.305. The Morgan fingerprint density at radius 3 is 3.00 bits per heavy atom. The monoisotopic (exact) mass is 147 g/mol. The van der Waals surface area contributed by atoms with Gasteiger partial charge < -0.3 is 10.1 Å². The first kappa shape index (κ1) is 6.28. The standard InChI is InChI=1S/C9H9NO/c1-6-5-10-9-4-7(11)2-3-8(6)9/h2-5,10-11H,1H3. The number of H-pyrrole nitrogens is 1. The molecule has 2 rings (SSSR count). The Bertz CT molecular complexity index is 389. The van der Waals surface area contributed by atoms with Crippen LogP contribution in [0.5, 0.6) is 5.75 Å². The molecule has 0 bridgehead atoms.